The Morgan fingerprint density at radius 1 is 1.05 bits per heavy atom. The maximum atomic E-state index is 10.7. The fourth-order valence-electron chi connectivity index (χ4n) is 4.71. The second kappa shape index (κ2) is 11.2. The van der Waals surface area contributed by atoms with Crippen LogP contribution in [0.2, 0.25) is 0 Å². The SMILES string of the molecule is CCOc1nccc2sc(-c3c(C)nc(NCc4ccc(C)cc4)nc3N[C@@H]3C[C@H](CO)[C@@H](O)[C@H]3O)nc12. The van der Waals surface area contributed by atoms with Gasteiger partial charge in [-0.1, -0.05) is 29.8 Å². The van der Waals surface area contributed by atoms with Crippen molar-refractivity contribution in [3.63, 3.8) is 0 Å². The normalized spacial score (nSPS) is 21.1. The highest BCUT2D eigenvalue weighted by Gasteiger charge is 2.41. The van der Waals surface area contributed by atoms with Gasteiger partial charge in [0.1, 0.15) is 22.4 Å². The third-order valence-electron chi connectivity index (χ3n) is 6.79. The van der Waals surface area contributed by atoms with Gasteiger partial charge in [0.25, 0.3) is 0 Å². The Labute approximate surface area is 224 Å². The number of aliphatic hydroxyl groups is 3. The molecule has 5 N–H and O–H groups in total. The van der Waals surface area contributed by atoms with Crippen molar-refractivity contribution in [2.75, 3.05) is 23.8 Å². The molecular formula is C27H32N6O4S. The minimum absolute atomic E-state index is 0.208. The van der Waals surface area contributed by atoms with Crippen LogP contribution in [0.4, 0.5) is 11.8 Å². The third-order valence-corrected chi connectivity index (χ3v) is 7.83. The highest BCUT2D eigenvalue weighted by atomic mass is 32.1. The van der Waals surface area contributed by atoms with Crippen molar-refractivity contribution in [2.45, 2.75) is 52.0 Å². The topological polar surface area (TPSA) is 146 Å². The van der Waals surface area contributed by atoms with Crippen LogP contribution in [0.1, 0.15) is 30.2 Å². The highest BCUT2D eigenvalue weighted by molar-refractivity contribution is 7.21. The molecule has 5 rings (SSSR count). The van der Waals surface area contributed by atoms with E-state index in [1.165, 1.54) is 16.9 Å². The first-order valence-corrected chi connectivity index (χ1v) is 13.5. The number of fused-ring (bicyclic) bond motifs is 1. The van der Waals surface area contributed by atoms with Gasteiger partial charge in [0.2, 0.25) is 11.8 Å². The van der Waals surface area contributed by atoms with Gasteiger partial charge in [-0.3, -0.25) is 0 Å². The smallest absolute Gasteiger partial charge is 0.241 e. The van der Waals surface area contributed by atoms with Gasteiger partial charge in [0.05, 0.1) is 34.7 Å². The number of hydrogen-bond acceptors (Lipinski definition) is 11. The summed E-state index contributed by atoms with van der Waals surface area (Å²) < 4.78 is 6.60. The van der Waals surface area contributed by atoms with E-state index in [1.807, 2.05) is 26.8 Å². The number of nitrogens with zero attached hydrogens (tertiary/aromatic N) is 4. The van der Waals surface area contributed by atoms with Crippen molar-refractivity contribution >= 4 is 33.3 Å². The van der Waals surface area contributed by atoms with Crippen molar-refractivity contribution in [1.29, 1.82) is 0 Å². The monoisotopic (exact) mass is 536 g/mol. The number of anilines is 2. The van der Waals surface area contributed by atoms with Crippen LogP contribution in [0.3, 0.4) is 0 Å². The first-order chi connectivity index (χ1) is 18.4. The number of nitrogens with one attached hydrogen (secondary N) is 2. The number of rotatable bonds is 9. The Kier molecular flexibility index (Phi) is 7.70. The zero-order valence-electron chi connectivity index (χ0n) is 21.5. The van der Waals surface area contributed by atoms with Gasteiger partial charge < -0.3 is 30.7 Å². The molecule has 200 valence electrons. The fourth-order valence-corrected chi connectivity index (χ4v) is 5.76. The quantitative estimate of drug-likeness (QED) is 0.216. The van der Waals surface area contributed by atoms with Gasteiger partial charge in [0, 0.05) is 25.3 Å². The van der Waals surface area contributed by atoms with Crippen LogP contribution in [0.15, 0.2) is 36.5 Å². The lowest BCUT2D eigenvalue weighted by Crippen LogP contribution is -2.35. The molecule has 0 unspecified atom stereocenters. The van der Waals surface area contributed by atoms with Crippen LogP contribution in [0.25, 0.3) is 20.8 Å². The molecule has 11 heteroatoms. The zero-order chi connectivity index (χ0) is 26.8. The lowest BCUT2D eigenvalue weighted by Gasteiger charge is -2.21. The van der Waals surface area contributed by atoms with E-state index in [9.17, 15) is 15.3 Å². The summed E-state index contributed by atoms with van der Waals surface area (Å²) >= 11 is 1.48. The number of ether oxygens (including phenoxy) is 1. The van der Waals surface area contributed by atoms with Gasteiger partial charge in [-0.05, 0) is 38.8 Å². The Morgan fingerprint density at radius 3 is 2.55 bits per heavy atom. The molecule has 3 heterocycles. The third kappa shape index (κ3) is 5.28. The molecule has 1 aliphatic rings. The molecule has 4 atom stereocenters. The zero-order valence-corrected chi connectivity index (χ0v) is 22.4. The van der Waals surface area contributed by atoms with Crippen molar-refractivity contribution in [1.82, 2.24) is 19.9 Å². The standard InChI is InChI=1S/C27H32N6O4S/c1-4-37-25-21-19(9-10-28-25)38-26(32-21)20-15(3)30-27(29-12-16-7-5-14(2)6-8-16)33-24(20)31-18-11-17(13-34)22(35)23(18)36/h5-10,17-18,22-23,34-36H,4,11-13H2,1-3H3,(H2,29,30,31,33)/t17-,18-,22-,23+/m1/s1. The number of aromatic nitrogens is 4. The number of aliphatic hydroxyl groups excluding tert-OH is 3. The van der Waals surface area contributed by atoms with E-state index in [2.05, 4.69) is 39.9 Å². The minimum atomic E-state index is -1.05. The van der Waals surface area contributed by atoms with Gasteiger partial charge in [0.15, 0.2) is 0 Å². The fraction of sp³-hybridized carbons (Fsp3) is 0.407. The van der Waals surface area contributed by atoms with Crippen LogP contribution in [0.5, 0.6) is 5.88 Å². The maximum Gasteiger partial charge on any atom is 0.241 e. The average molecular weight is 537 g/mol. The minimum Gasteiger partial charge on any atom is -0.476 e. The molecule has 0 aliphatic heterocycles. The van der Waals surface area contributed by atoms with Gasteiger partial charge >= 0.3 is 0 Å². The van der Waals surface area contributed by atoms with Crippen LogP contribution in [-0.2, 0) is 6.54 Å². The Bertz CT molecular complexity index is 1410. The summed E-state index contributed by atoms with van der Waals surface area (Å²) in [5, 5.41) is 38.0. The van der Waals surface area contributed by atoms with Crippen LogP contribution < -0.4 is 15.4 Å². The molecule has 0 spiro atoms. The molecule has 0 saturated heterocycles. The second-order valence-electron chi connectivity index (χ2n) is 9.52. The number of hydrogen-bond donors (Lipinski definition) is 5. The summed E-state index contributed by atoms with van der Waals surface area (Å²) in [6.07, 6.45) is 0.0149. The molecule has 0 amide bonds. The van der Waals surface area contributed by atoms with E-state index in [4.69, 9.17) is 19.7 Å². The molecule has 1 saturated carbocycles. The van der Waals surface area contributed by atoms with Crippen LogP contribution >= 0.6 is 11.3 Å². The molecule has 0 bridgehead atoms. The van der Waals surface area contributed by atoms with Crippen molar-refractivity contribution in [3.8, 4) is 16.5 Å². The summed E-state index contributed by atoms with van der Waals surface area (Å²) in [5.74, 6) is 0.968. The predicted octanol–water partition coefficient (Wildman–Crippen LogP) is 3.29. The van der Waals surface area contributed by atoms with Gasteiger partial charge in [-0.2, -0.15) is 4.98 Å². The van der Waals surface area contributed by atoms with Crippen molar-refractivity contribution in [2.24, 2.45) is 5.92 Å². The number of thiazole rings is 1. The molecule has 1 aliphatic carbocycles. The van der Waals surface area contributed by atoms with Crippen molar-refractivity contribution in [3.05, 3.63) is 53.3 Å². The van der Waals surface area contributed by atoms with Crippen LogP contribution in [-0.4, -0.2) is 66.7 Å². The Morgan fingerprint density at radius 2 is 1.84 bits per heavy atom. The summed E-state index contributed by atoms with van der Waals surface area (Å²) in [5.41, 5.74) is 4.35. The first-order valence-electron chi connectivity index (χ1n) is 12.7. The van der Waals surface area contributed by atoms with Gasteiger partial charge in [-0.15, -0.1) is 11.3 Å². The van der Waals surface area contributed by atoms with E-state index in [0.717, 1.165) is 10.3 Å². The Balaban J connectivity index is 1.53. The van der Waals surface area contributed by atoms with E-state index < -0.39 is 24.2 Å². The first kappa shape index (κ1) is 26.2. The summed E-state index contributed by atoms with van der Waals surface area (Å²) in [4.78, 5) is 18.6. The van der Waals surface area contributed by atoms with E-state index in [0.29, 0.717) is 59.0 Å². The number of pyridine rings is 1. The van der Waals surface area contributed by atoms with Crippen LogP contribution in [0, 0.1) is 19.8 Å². The van der Waals surface area contributed by atoms with Gasteiger partial charge in [-0.25, -0.2) is 15.0 Å². The molecule has 3 aromatic heterocycles. The highest BCUT2D eigenvalue weighted by Crippen LogP contribution is 2.39. The number of benzene rings is 1. The lowest BCUT2D eigenvalue weighted by atomic mass is 10.1. The van der Waals surface area contributed by atoms with E-state index in [1.54, 1.807) is 6.20 Å². The van der Waals surface area contributed by atoms with E-state index >= 15 is 0 Å². The van der Waals surface area contributed by atoms with E-state index in [-0.39, 0.29) is 6.61 Å². The second-order valence-corrected chi connectivity index (χ2v) is 10.6. The largest absolute Gasteiger partial charge is 0.476 e. The molecule has 1 aromatic carbocycles. The molecule has 10 nitrogen and oxygen atoms in total. The molecule has 4 aromatic rings. The molecule has 0 radical (unpaired) electrons. The van der Waals surface area contributed by atoms with Crippen molar-refractivity contribution < 1.29 is 20.1 Å². The average Bonchev–Trinajstić information content (AvgIpc) is 3.45. The molecule has 1 fully saturated rings. The predicted molar refractivity (Wildman–Crippen MR) is 147 cm³/mol. The molecule has 38 heavy (non-hydrogen) atoms. The molecular weight excluding hydrogens is 504 g/mol. The summed E-state index contributed by atoms with van der Waals surface area (Å²) in [6, 6.07) is 9.61. The Hall–Kier alpha value is -3.38. The summed E-state index contributed by atoms with van der Waals surface area (Å²) in [7, 11) is 0. The number of aryl methyl sites for hydroxylation is 2. The maximum absolute atomic E-state index is 10.7. The summed E-state index contributed by atoms with van der Waals surface area (Å²) in [6.45, 7) is 6.65. The lowest BCUT2D eigenvalue weighted by molar-refractivity contribution is 0.00446.